The largest absolute Gasteiger partial charge is 0.394 e. The number of rotatable bonds is 10. The number of aromatic nitrogens is 1. The van der Waals surface area contributed by atoms with E-state index in [0.717, 1.165) is 22.0 Å². The van der Waals surface area contributed by atoms with Crippen molar-refractivity contribution in [1.29, 1.82) is 0 Å². The van der Waals surface area contributed by atoms with E-state index in [1.807, 2.05) is 61.7 Å². The zero-order valence-electron chi connectivity index (χ0n) is 16.3. The van der Waals surface area contributed by atoms with Crippen LogP contribution >= 0.6 is 0 Å². The van der Waals surface area contributed by atoms with Crippen LogP contribution in [0.1, 0.15) is 24.5 Å². The molecule has 1 heterocycles. The second kappa shape index (κ2) is 9.53. The van der Waals surface area contributed by atoms with Crippen LogP contribution < -0.4 is 5.32 Å². The lowest BCUT2D eigenvalue weighted by Gasteiger charge is -2.31. The standard InChI is InChI=1S/C23H28N2O3/c1-23(17-28-14-13-26,15-18-7-3-2-4-8-18)25-22(27)12-11-19-16-24-21-10-6-5-9-20(19)21/h2-10,16,24,26H,11-15,17H2,1H3,(H,25,27). The molecule has 0 saturated carbocycles. The normalized spacial score (nSPS) is 13.4. The number of aromatic amines is 1. The molecule has 0 saturated heterocycles. The summed E-state index contributed by atoms with van der Waals surface area (Å²) in [7, 11) is 0. The Morgan fingerprint density at radius 1 is 1.14 bits per heavy atom. The maximum absolute atomic E-state index is 12.7. The highest BCUT2D eigenvalue weighted by Gasteiger charge is 2.27. The van der Waals surface area contributed by atoms with Gasteiger partial charge < -0.3 is 20.1 Å². The van der Waals surface area contributed by atoms with Crippen molar-refractivity contribution in [2.45, 2.75) is 31.7 Å². The first kappa shape index (κ1) is 20.1. The number of aliphatic hydroxyl groups is 1. The van der Waals surface area contributed by atoms with E-state index in [1.165, 1.54) is 0 Å². The fourth-order valence-electron chi connectivity index (χ4n) is 3.53. The van der Waals surface area contributed by atoms with Crippen molar-refractivity contribution >= 4 is 16.8 Å². The van der Waals surface area contributed by atoms with E-state index >= 15 is 0 Å². The van der Waals surface area contributed by atoms with Crippen molar-refractivity contribution < 1.29 is 14.6 Å². The zero-order chi connectivity index (χ0) is 19.8. The molecule has 0 spiro atoms. The Morgan fingerprint density at radius 3 is 2.68 bits per heavy atom. The first-order valence-electron chi connectivity index (χ1n) is 9.68. The maximum atomic E-state index is 12.7. The Balaban J connectivity index is 1.62. The van der Waals surface area contributed by atoms with Gasteiger partial charge in [-0.2, -0.15) is 0 Å². The molecule has 3 aromatic rings. The van der Waals surface area contributed by atoms with Crippen molar-refractivity contribution in [1.82, 2.24) is 10.3 Å². The highest BCUT2D eigenvalue weighted by molar-refractivity contribution is 5.84. The maximum Gasteiger partial charge on any atom is 0.220 e. The number of hydrogen-bond donors (Lipinski definition) is 3. The molecule has 3 rings (SSSR count). The van der Waals surface area contributed by atoms with E-state index in [0.29, 0.717) is 25.9 Å². The number of amides is 1. The summed E-state index contributed by atoms with van der Waals surface area (Å²) >= 11 is 0. The highest BCUT2D eigenvalue weighted by atomic mass is 16.5. The molecule has 5 heteroatoms. The predicted molar refractivity (Wildman–Crippen MR) is 111 cm³/mol. The topological polar surface area (TPSA) is 74.3 Å². The van der Waals surface area contributed by atoms with Crippen molar-refractivity contribution in [3.8, 4) is 0 Å². The molecule has 2 aromatic carbocycles. The van der Waals surface area contributed by atoms with Crippen molar-refractivity contribution in [2.75, 3.05) is 19.8 Å². The van der Waals surface area contributed by atoms with E-state index in [1.54, 1.807) is 0 Å². The molecule has 1 amide bonds. The second-order valence-corrected chi connectivity index (χ2v) is 7.41. The molecule has 1 unspecified atom stereocenters. The molecular formula is C23H28N2O3. The van der Waals surface area contributed by atoms with E-state index in [4.69, 9.17) is 9.84 Å². The minimum atomic E-state index is -0.534. The quantitative estimate of drug-likeness (QED) is 0.473. The van der Waals surface area contributed by atoms with Gasteiger partial charge in [-0.3, -0.25) is 4.79 Å². The van der Waals surface area contributed by atoms with Gasteiger partial charge in [-0.05, 0) is 37.0 Å². The fourth-order valence-corrected chi connectivity index (χ4v) is 3.53. The molecule has 0 aliphatic heterocycles. The molecule has 3 N–H and O–H groups in total. The van der Waals surface area contributed by atoms with Crippen molar-refractivity contribution in [3.63, 3.8) is 0 Å². The van der Waals surface area contributed by atoms with Crippen LogP contribution in [0.25, 0.3) is 10.9 Å². The smallest absolute Gasteiger partial charge is 0.220 e. The number of nitrogens with one attached hydrogen (secondary N) is 2. The van der Waals surface area contributed by atoms with Crippen LogP contribution in [0.2, 0.25) is 0 Å². The first-order valence-corrected chi connectivity index (χ1v) is 9.68. The van der Waals surface area contributed by atoms with Gasteiger partial charge in [-0.15, -0.1) is 0 Å². The number of fused-ring (bicyclic) bond motifs is 1. The van der Waals surface area contributed by atoms with E-state index in [-0.39, 0.29) is 19.1 Å². The first-order chi connectivity index (χ1) is 13.6. The summed E-state index contributed by atoms with van der Waals surface area (Å²) < 4.78 is 5.56. The summed E-state index contributed by atoms with van der Waals surface area (Å²) in [5.41, 5.74) is 2.83. The molecule has 0 aliphatic carbocycles. The monoisotopic (exact) mass is 380 g/mol. The van der Waals surface area contributed by atoms with Gasteiger partial charge in [-0.1, -0.05) is 48.5 Å². The summed E-state index contributed by atoms with van der Waals surface area (Å²) in [6.07, 6.45) is 3.73. The second-order valence-electron chi connectivity index (χ2n) is 7.41. The van der Waals surface area contributed by atoms with Gasteiger partial charge in [0.15, 0.2) is 0 Å². The Bertz CT molecular complexity index is 891. The number of para-hydroxylation sites is 1. The van der Waals surface area contributed by atoms with Gasteiger partial charge in [0.05, 0.1) is 25.4 Å². The summed E-state index contributed by atoms with van der Waals surface area (Å²) in [4.78, 5) is 15.9. The third kappa shape index (κ3) is 5.44. The summed E-state index contributed by atoms with van der Waals surface area (Å²) in [5, 5.41) is 13.3. The van der Waals surface area contributed by atoms with Crippen LogP contribution in [0.15, 0.2) is 60.8 Å². The number of hydrogen-bond acceptors (Lipinski definition) is 3. The average molecular weight is 380 g/mol. The Labute approximate surface area is 165 Å². The van der Waals surface area contributed by atoms with Crippen LogP contribution in [0.3, 0.4) is 0 Å². The van der Waals surface area contributed by atoms with Gasteiger partial charge in [0, 0.05) is 23.5 Å². The average Bonchev–Trinajstić information content (AvgIpc) is 3.10. The minimum absolute atomic E-state index is 0.00342. The third-order valence-corrected chi connectivity index (χ3v) is 4.83. The Kier molecular flexibility index (Phi) is 6.85. The van der Waals surface area contributed by atoms with Gasteiger partial charge in [0.25, 0.3) is 0 Å². The van der Waals surface area contributed by atoms with Crippen LogP contribution in [-0.4, -0.2) is 41.4 Å². The number of benzene rings is 2. The predicted octanol–water partition coefficient (Wildman–Crippen LogP) is 3.23. The lowest BCUT2D eigenvalue weighted by Crippen LogP contribution is -2.51. The zero-order valence-corrected chi connectivity index (χ0v) is 16.3. The van der Waals surface area contributed by atoms with Gasteiger partial charge in [-0.25, -0.2) is 0 Å². The number of aliphatic hydroxyl groups excluding tert-OH is 1. The fraction of sp³-hybridized carbons (Fsp3) is 0.348. The highest BCUT2D eigenvalue weighted by Crippen LogP contribution is 2.20. The number of H-pyrrole nitrogens is 1. The lowest BCUT2D eigenvalue weighted by atomic mass is 9.93. The van der Waals surface area contributed by atoms with Crippen LogP contribution in [0.5, 0.6) is 0 Å². The molecule has 5 nitrogen and oxygen atoms in total. The third-order valence-electron chi connectivity index (χ3n) is 4.83. The SMILES string of the molecule is CC(COCCO)(Cc1ccccc1)NC(=O)CCc1c[nH]c2ccccc12. The van der Waals surface area contributed by atoms with Crippen molar-refractivity contribution in [3.05, 3.63) is 71.9 Å². The number of carbonyl (C=O) groups excluding carboxylic acids is 1. The van der Waals surface area contributed by atoms with E-state index in [2.05, 4.69) is 16.4 Å². The Hall–Kier alpha value is -2.63. The molecule has 148 valence electrons. The van der Waals surface area contributed by atoms with Crippen LogP contribution in [-0.2, 0) is 22.4 Å². The number of ether oxygens (including phenoxy) is 1. The molecule has 0 radical (unpaired) electrons. The van der Waals surface area contributed by atoms with Gasteiger partial charge in [0.1, 0.15) is 0 Å². The molecule has 0 fully saturated rings. The van der Waals surface area contributed by atoms with Gasteiger partial charge >= 0.3 is 0 Å². The van der Waals surface area contributed by atoms with Crippen LogP contribution in [0, 0.1) is 0 Å². The molecule has 0 bridgehead atoms. The van der Waals surface area contributed by atoms with E-state index in [9.17, 15) is 4.79 Å². The molecule has 0 aliphatic rings. The molecule has 28 heavy (non-hydrogen) atoms. The summed E-state index contributed by atoms with van der Waals surface area (Å²) in [6.45, 7) is 2.56. The lowest BCUT2D eigenvalue weighted by molar-refractivity contribution is -0.123. The number of aryl methyl sites for hydroxylation is 1. The summed E-state index contributed by atoms with van der Waals surface area (Å²) in [5.74, 6) is -0.00342. The minimum Gasteiger partial charge on any atom is -0.394 e. The molecule has 1 aromatic heterocycles. The summed E-state index contributed by atoms with van der Waals surface area (Å²) in [6, 6.07) is 18.2. The molecular weight excluding hydrogens is 352 g/mol. The van der Waals surface area contributed by atoms with Gasteiger partial charge in [0.2, 0.25) is 5.91 Å². The van der Waals surface area contributed by atoms with Crippen molar-refractivity contribution in [2.24, 2.45) is 0 Å². The van der Waals surface area contributed by atoms with E-state index < -0.39 is 5.54 Å². The Morgan fingerprint density at radius 2 is 1.89 bits per heavy atom. The number of carbonyl (C=O) groups is 1. The molecule has 1 atom stereocenters. The van der Waals surface area contributed by atoms with Crippen LogP contribution in [0.4, 0.5) is 0 Å².